The lowest BCUT2D eigenvalue weighted by atomic mass is 9.87. The van der Waals surface area contributed by atoms with Crippen molar-refractivity contribution in [2.24, 2.45) is 9.98 Å². The second kappa shape index (κ2) is 9.01. The average molecular weight is 484 g/mol. The zero-order valence-corrected chi connectivity index (χ0v) is 21.8. The number of piperidine rings is 1. The van der Waals surface area contributed by atoms with Gasteiger partial charge in [0.2, 0.25) is 10.0 Å². The fourth-order valence-electron chi connectivity index (χ4n) is 4.24. The molecule has 1 saturated heterocycles. The Labute approximate surface area is 202 Å². The van der Waals surface area contributed by atoms with Crippen LogP contribution in [0.5, 0.6) is 0 Å². The van der Waals surface area contributed by atoms with Gasteiger partial charge in [-0.1, -0.05) is 69.7 Å². The summed E-state index contributed by atoms with van der Waals surface area (Å²) in [7, 11) is -3.53. The van der Waals surface area contributed by atoms with E-state index in [1.165, 1.54) is 5.56 Å². The molecule has 2 heterocycles. The number of sulfonamides is 1. The molecule has 2 aliphatic heterocycles. The fraction of sp³-hybridized carbons (Fsp3) is 0.462. The highest BCUT2D eigenvalue weighted by Crippen LogP contribution is 2.37. The van der Waals surface area contributed by atoms with E-state index in [1.807, 2.05) is 12.1 Å². The molecule has 0 N–H and O–H groups in total. The first-order valence-corrected chi connectivity index (χ1v) is 14.0. The third-order valence-electron chi connectivity index (χ3n) is 6.32. The van der Waals surface area contributed by atoms with Crippen molar-refractivity contribution in [3.63, 3.8) is 0 Å². The Morgan fingerprint density at radius 1 is 0.970 bits per heavy atom. The molecule has 1 fully saturated rings. The normalized spacial score (nSPS) is 18.9. The zero-order valence-electron chi connectivity index (χ0n) is 20.1. The van der Waals surface area contributed by atoms with Gasteiger partial charge in [0, 0.05) is 31.5 Å². The van der Waals surface area contributed by atoms with Gasteiger partial charge in [0.25, 0.3) is 0 Å². The van der Waals surface area contributed by atoms with E-state index in [1.54, 1.807) is 28.2 Å². The first kappa shape index (κ1) is 24.2. The van der Waals surface area contributed by atoms with Gasteiger partial charge in [0.15, 0.2) is 5.66 Å². The number of aryl methyl sites for hydroxylation is 1. The Morgan fingerprint density at radius 3 is 2.12 bits per heavy atom. The van der Waals surface area contributed by atoms with Crippen LogP contribution in [-0.4, -0.2) is 48.0 Å². The highest BCUT2D eigenvalue weighted by Gasteiger charge is 2.42. The topological polar surface area (TPSA) is 62.1 Å². The molecule has 7 heteroatoms. The summed E-state index contributed by atoms with van der Waals surface area (Å²) in [6, 6.07) is 15.7. The molecule has 2 aliphatic rings. The van der Waals surface area contributed by atoms with Crippen molar-refractivity contribution in [1.82, 2.24) is 4.31 Å². The number of benzene rings is 2. The van der Waals surface area contributed by atoms with Crippen LogP contribution in [-0.2, 0) is 15.4 Å². The smallest absolute Gasteiger partial charge is 0.243 e. The van der Waals surface area contributed by atoms with E-state index in [9.17, 15) is 8.42 Å². The van der Waals surface area contributed by atoms with Crippen LogP contribution in [0.3, 0.4) is 0 Å². The molecule has 0 bridgehead atoms. The van der Waals surface area contributed by atoms with Gasteiger partial charge >= 0.3 is 0 Å². The number of hydrogen-bond donors (Lipinski definition) is 0. The number of thioether (sulfide) groups is 1. The predicted molar refractivity (Wildman–Crippen MR) is 139 cm³/mol. The lowest BCUT2D eigenvalue weighted by Gasteiger charge is -2.34. The van der Waals surface area contributed by atoms with Gasteiger partial charge in [-0.05, 0) is 35.8 Å². The highest BCUT2D eigenvalue weighted by atomic mass is 32.2. The van der Waals surface area contributed by atoms with Gasteiger partial charge in [0.1, 0.15) is 5.04 Å². The Balaban J connectivity index is 1.54. The van der Waals surface area contributed by atoms with E-state index in [4.69, 9.17) is 9.98 Å². The number of hydrogen-bond acceptors (Lipinski definition) is 5. The summed E-state index contributed by atoms with van der Waals surface area (Å²) >= 11 is 1.71. The maximum Gasteiger partial charge on any atom is 0.243 e. The molecule has 0 saturated carbocycles. The van der Waals surface area contributed by atoms with Gasteiger partial charge in [-0.15, -0.1) is 11.8 Å². The second-order valence-corrected chi connectivity index (χ2v) is 13.0. The van der Waals surface area contributed by atoms with Gasteiger partial charge < -0.3 is 0 Å². The summed E-state index contributed by atoms with van der Waals surface area (Å²) in [5.74, 6) is 0.921. The maximum atomic E-state index is 13.3. The highest BCUT2D eigenvalue weighted by molar-refractivity contribution is 8.15. The Hall–Kier alpha value is -1.96. The van der Waals surface area contributed by atoms with Crippen LogP contribution in [0.25, 0.3) is 0 Å². The van der Waals surface area contributed by atoms with Gasteiger partial charge in [-0.25, -0.2) is 13.4 Å². The zero-order chi connectivity index (χ0) is 23.9. The van der Waals surface area contributed by atoms with Crippen LogP contribution in [0.1, 0.15) is 57.2 Å². The Bertz CT molecular complexity index is 1170. The molecule has 0 atom stereocenters. The minimum atomic E-state index is -3.53. The lowest BCUT2D eigenvalue weighted by molar-refractivity contribution is 0.249. The minimum Gasteiger partial charge on any atom is -0.252 e. The molecule has 2 aromatic rings. The van der Waals surface area contributed by atoms with E-state index in [0.29, 0.717) is 30.8 Å². The summed E-state index contributed by atoms with van der Waals surface area (Å²) < 4.78 is 28.2. The molecule has 0 unspecified atom stereocenters. The molecule has 33 heavy (non-hydrogen) atoms. The molecular formula is C26H33N3O2S2. The molecule has 4 rings (SSSR count). The monoisotopic (exact) mass is 483 g/mol. The van der Waals surface area contributed by atoms with Crippen LogP contribution in [0.4, 0.5) is 0 Å². The van der Waals surface area contributed by atoms with Gasteiger partial charge in [-0.2, -0.15) is 4.31 Å². The van der Waals surface area contributed by atoms with Gasteiger partial charge in [-0.3, -0.25) is 4.99 Å². The first-order valence-electron chi connectivity index (χ1n) is 11.5. The van der Waals surface area contributed by atoms with E-state index >= 15 is 0 Å². The summed E-state index contributed by atoms with van der Waals surface area (Å²) in [5, 5.41) is 0.968. The minimum absolute atomic E-state index is 0.0123. The summed E-state index contributed by atoms with van der Waals surface area (Å²) in [6.07, 6.45) is 1.19. The van der Waals surface area contributed by atoms with Crippen molar-refractivity contribution in [3.8, 4) is 0 Å². The third-order valence-corrected chi connectivity index (χ3v) is 9.08. The number of aliphatic imine (C=N–C) groups is 2. The van der Waals surface area contributed by atoms with Crippen LogP contribution >= 0.6 is 11.8 Å². The van der Waals surface area contributed by atoms with Crippen LogP contribution in [0, 0.1) is 6.92 Å². The lowest BCUT2D eigenvalue weighted by Crippen LogP contribution is -2.44. The van der Waals surface area contributed by atoms with E-state index in [0.717, 1.165) is 27.6 Å². The predicted octanol–water partition coefficient (Wildman–Crippen LogP) is 5.43. The molecule has 0 radical (unpaired) electrons. The average Bonchev–Trinajstić information content (AvgIpc) is 3.12. The standard InChI is InChI=1S/C26H33N3O2S2/c1-6-32-24-23(20-9-7-19(2)8-10-20)27-26(28-24)15-17-29(18-16-26)33(30,31)22-13-11-21(12-14-22)25(3,4)5/h7-14H,6,15-18H2,1-5H3. The molecule has 0 aliphatic carbocycles. The van der Waals surface area contributed by atoms with Gasteiger partial charge in [0.05, 0.1) is 10.6 Å². The van der Waals surface area contributed by atoms with Crippen molar-refractivity contribution in [2.75, 3.05) is 18.8 Å². The maximum absolute atomic E-state index is 13.3. The van der Waals surface area contributed by atoms with Crippen molar-refractivity contribution in [2.45, 2.75) is 63.4 Å². The van der Waals surface area contributed by atoms with Crippen molar-refractivity contribution >= 4 is 32.5 Å². The largest absolute Gasteiger partial charge is 0.252 e. The number of rotatable bonds is 4. The van der Waals surface area contributed by atoms with Crippen molar-refractivity contribution < 1.29 is 8.42 Å². The SMILES string of the molecule is CCSC1=NC2(CCN(S(=O)(=O)c3ccc(C(C)(C)C)cc3)CC2)N=C1c1ccc(C)cc1. The summed E-state index contributed by atoms with van der Waals surface area (Å²) in [6.45, 7) is 11.4. The molecule has 1 spiro atoms. The van der Waals surface area contributed by atoms with Crippen LogP contribution in [0.2, 0.25) is 0 Å². The summed E-state index contributed by atoms with van der Waals surface area (Å²) in [4.78, 5) is 10.5. The fourth-order valence-corrected chi connectivity index (χ4v) is 6.49. The molecule has 0 aromatic heterocycles. The first-order chi connectivity index (χ1) is 15.5. The Morgan fingerprint density at radius 2 is 1.58 bits per heavy atom. The quantitative estimate of drug-likeness (QED) is 0.583. The number of nitrogens with zero attached hydrogens (tertiary/aromatic N) is 3. The second-order valence-electron chi connectivity index (χ2n) is 9.84. The Kier molecular flexibility index (Phi) is 6.60. The van der Waals surface area contributed by atoms with E-state index in [2.05, 4.69) is 58.9 Å². The van der Waals surface area contributed by atoms with Crippen molar-refractivity contribution in [1.29, 1.82) is 0 Å². The molecule has 176 valence electrons. The van der Waals surface area contributed by atoms with Crippen LogP contribution in [0.15, 0.2) is 63.4 Å². The van der Waals surface area contributed by atoms with Crippen molar-refractivity contribution in [3.05, 3.63) is 65.2 Å². The molecule has 5 nitrogen and oxygen atoms in total. The van der Waals surface area contributed by atoms with E-state index in [-0.39, 0.29) is 5.41 Å². The molecule has 2 aromatic carbocycles. The van der Waals surface area contributed by atoms with Crippen LogP contribution < -0.4 is 0 Å². The van der Waals surface area contributed by atoms with E-state index < -0.39 is 15.7 Å². The molecule has 0 amide bonds. The molecular weight excluding hydrogens is 450 g/mol. The summed E-state index contributed by atoms with van der Waals surface area (Å²) in [5.41, 5.74) is 3.78. The third kappa shape index (κ3) is 4.96.